The molecule has 1 N–H and O–H groups in total. The molecule has 0 heterocycles. The minimum absolute atomic E-state index is 0.354. The summed E-state index contributed by atoms with van der Waals surface area (Å²) in [5.41, 5.74) is 0. The van der Waals surface area contributed by atoms with Gasteiger partial charge in [-0.15, -0.1) is 0 Å². The molecule has 0 aliphatic heterocycles. The van der Waals surface area contributed by atoms with Crippen LogP contribution < -0.4 is 0 Å². The van der Waals surface area contributed by atoms with Crippen LogP contribution in [0.2, 0.25) is 0 Å². The highest BCUT2D eigenvalue weighted by Crippen LogP contribution is 2.20. The van der Waals surface area contributed by atoms with Gasteiger partial charge in [-0.05, 0) is 25.2 Å². The summed E-state index contributed by atoms with van der Waals surface area (Å²) in [6.07, 6.45) is 7.73. The van der Waals surface area contributed by atoms with Gasteiger partial charge in [0, 0.05) is 6.61 Å². The highest BCUT2D eigenvalue weighted by molar-refractivity contribution is 4.93. The van der Waals surface area contributed by atoms with Gasteiger partial charge in [0.2, 0.25) is 0 Å². The van der Waals surface area contributed by atoms with Crippen LogP contribution in [-0.2, 0) is 0 Å². The van der Waals surface area contributed by atoms with Crippen molar-refractivity contribution >= 4 is 0 Å². The van der Waals surface area contributed by atoms with E-state index in [1.807, 2.05) is 0 Å². The van der Waals surface area contributed by atoms with Gasteiger partial charge in [-0.3, -0.25) is 0 Å². The summed E-state index contributed by atoms with van der Waals surface area (Å²) in [7, 11) is 0. The number of hydrogen-bond acceptors (Lipinski definition) is 1. The van der Waals surface area contributed by atoms with Crippen molar-refractivity contribution in [2.75, 3.05) is 6.61 Å². The van der Waals surface area contributed by atoms with E-state index in [1.54, 1.807) is 0 Å². The fourth-order valence-electron chi connectivity index (χ4n) is 1.09. The van der Waals surface area contributed by atoms with E-state index in [0.717, 1.165) is 12.3 Å². The second kappa shape index (κ2) is 2.88. The predicted octanol–water partition coefficient (Wildman–Crippen LogP) is 1.33. The average Bonchev–Trinajstić information content (AvgIpc) is 2.19. The second-order valence-corrected chi connectivity index (χ2v) is 2.32. The normalized spacial score (nSPS) is 20.1. The first-order chi connectivity index (χ1) is 3.93. The zero-order valence-corrected chi connectivity index (χ0v) is 5.01. The Kier molecular flexibility index (Phi) is 2.10. The zero-order valence-electron chi connectivity index (χ0n) is 5.01. The number of allylic oxidation sites excluding steroid dienone is 2. The average molecular weight is 112 g/mol. The van der Waals surface area contributed by atoms with Gasteiger partial charge in [-0.25, -0.2) is 0 Å². The Morgan fingerprint density at radius 3 is 2.50 bits per heavy atom. The van der Waals surface area contributed by atoms with E-state index >= 15 is 0 Å². The molecule has 0 radical (unpaired) electrons. The molecule has 1 aliphatic rings. The number of rotatable bonds is 2. The molecule has 1 rings (SSSR count). The summed E-state index contributed by atoms with van der Waals surface area (Å²) in [5.74, 6) is 0.750. The highest BCUT2D eigenvalue weighted by Gasteiger charge is 2.07. The maximum atomic E-state index is 8.50. The largest absolute Gasteiger partial charge is 0.396 e. The van der Waals surface area contributed by atoms with Gasteiger partial charge in [0.05, 0.1) is 0 Å². The van der Waals surface area contributed by atoms with E-state index in [2.05, 4.69) is 12.2 Å². The number of hydrogen-bond donors (Lipinski definition) is 1. The fourth-order valence-corrected chi connectivity index (χ4v) is 1.09. The first-order valence-electron chi connectivity index (χ1n) is 3.19. The quantitative estimate of drug-likeness (QED) is 0.534. The van der Waals surface area contributed by atoms with Crippen LogP contribution in [0.1, 0.15) is 19.3 Å². The molecule has 0 amide bonds. The molecular weight excluding hydrogens is 100 g/mol. The van der Waals surface area contributed by atoms with E-state index in [-0.39, 0.29) is 0 Å². The predicted molar refractivity (Wildman–Crippen MR) is 33.6 cm³/mol. The van der Waals surface area contributed by atoms with Gasteiger partial charge in [-0.1, -0.05) is 12.2 Å². The van der Waals surface area contributed by atoms with Crippen LogP contribution in [-0.4, -0.2) is 11.7 Å². The Balaban J connectivity index is 2.10. The topological polar surface area (TPSA) is 20.2 Å². The minimum Gasteiger partial charge on any atom is -0.396 e. The van der Waals surface area contributed by atoms with Crippen LogP contribution in [0.5, 0.6) is 0 Å². The van der Waals surface area contributed by atoms with Crippen molar-refractivity contribution in [3.63, 3.8) is 0 Å². The molecule has 0 aromatic rings. The van der Waals surface area contributed by atoms with E-state index in [4.69, 9.17) is 5.11 Å². The van der Waals surface area contributed by atoms with E-state index < -0.39 is 0 Å². The molecule has 1 heteroatoms. The van der Waals surface area contributed by atoms with Crippen molar-refractivity contribution in [1.82, 2.24) is 0 Å². The molecule has 0 aromatic carbocycles. The molecule has 0 atom stereocenters. The van der Waals surface area contributed by atoms with Gasteiger partial charge < -0.3 is 5.11 Å². The van der Waals surface area contributed by atoms with Gasteiger partial charge in [0.15, 0.2) is 0 Å². The fraction of sp³-hybridized carbons (Fsp3) is 0.714. The molecule has 1 nitrogen and oxygen atoms in total. The smallest absolute Gasteiger partial charge is 0.0433 e. The number of aliphatic hydroxyl groups is 1. The maximum absolute atomic E-state index is 8.50. The van der Waals surface area contributed by atoms with Crippen molar-refractivity contribution in [1.29, 1.82) is 0 Å². The summed E-state index contributed by atoms with van der Waals surface area (Å²) in [6, 6.07) is 0. The van der Waals surface area contributed by atoms with E-state index in [1.165, 1.54) is 12.8 Å². The monoisotopic (exact) mass is 112 g/mol. The third-order valence-electron chi connectivity index (χ3n) is 1.64. The van der Waals surface area contributed by atoms with Crippen LogP contribution >= 0.6 is 0 Å². The lowest BCUT2D eigenvalue weighted by Gasteiger charge is -2.03. The molecule has 0 saturated carbocycles. The van der Waals surface area contributed by atoms with Crippen LogP contribution in [0.4, 0.5) is 0 Å². The first kappa shape index (κ1) is 5.83. The van der Waals surface area contributed by atoms with Crippen molar-refractivity contribution in [2.24, 2.45) is 5.92 Å². The molecule has 0 bridgehead atoms. The Bertz CT molecular complexity index is 78.4. The first-order valence-corrected chi connectivity index (χ1v) is 3.19. The molecular formula is C7H12O. The molecule has 46 valence electrons. The van der Waals surface area contributed by atoms with Gasteiger partial charge in [0.25, 0.3) is 0 Å². The highest BCUT2D eigenvalue weighted by atomic mass is 16.3. The Labute approximate surface area is 50.0 Å². The van der Waals surface area contributed by atoms with Crippen LogP contribution in [0, 0.1) is 5.92 Å². The molecule has 0 spiro atoms. The molecule has 0 unspecified atom stereocenters. The summed E-state index contributed by atoms with van der Waals surface area (Å²) in [5, 5.41) is 8.50. The van der Waals surface area contributed by atoms with Gasteiger partial charge >= 0.3 is 0 Å². The standard InChI is InChI=1S/C7H12O/c8-6-5-7-3-1-2-4-7/h1-2,7-8H,3-6H2. The third-order valence-corrected chi connectivity index (χ3v) is 1.64. The van der Waals surface area contributed by atoms with Crippen molar-refractivity contribution < 1.29 is 5.11 Å². The lowest BCUT2D eigenvalue weighted by Crippen LogP contribution is -1.96. The Morgan fingerprint density at radius 2 is 2.00 bits per heavy atom. The zero-order chi connectivity index (χ0) is 5.82. The van der Waals surface area contributed by atoms with Crippen LogP contribution in [0.25, 0.3) is 0 Å². The van der Waals surface area contributed by atoms with Crippen LogP contribution in [0.3, 0.4) is 0 Å². The van der Waals surface area contributed by atoms with Gasteiger partial charge in [-0.2, -0.15) is 0 Å². The summed E-state index contributed by atoms with van der Waals surface area (Å²) < 4.78 is 0. The SMILES string of the molecule is OCCC1CC=CC1. The summed E-state index contributed by atoms with van der Waals surface area (Å²) in [4.78, 5) is 0. The molecule has 0 fully saturated rings. The third kappa shape index (κ3) is 1.34. The summed E-state index contributed by atoms with van der Waals surface area (Å²) >= 11 is 0. The number of aliphatic hydroxyl groups excluding tert-OH is 1. The molecule has 0 aromatic heterocycles. The van der Waals surface area contributed by atoms with Crippen molar-refractivity contribution in [2.45, 2.75) is 19.3 Å². The van der Waals surface area contributed by atoms with Gasteiger partial charge in [0.1, 0.15) is 0 Å². The second-order valence-electron chi connectivity index (χ2n) is 2.32. The van der Waals surface area contributed by atoms with E-state index in [9.17, 15) is 0 Å². The molecule has 1 aliphatic carbocycles. The lowest BCUT2D eigenvalue weighted by atomic mass is 10.0. The Hall–Kier alpha value is -0.300. The summed E-state index contributed by atoms with van der Waals surface area (Å²) in [6.45, 7) is 0.354. The lowest BCUT2D eigenvalue weighted by molar-refractivity contribution is 0.260. The maximum Gasteiger partial charge on any atom is 0.0433 e. The molecule has 8 heavy (non-hydrogen) atoms. The van der Waals surface area contributed by atoms with Crippen molar-refractivity contribution in [3.8, 4) is 0 Å². The van der Waals surface area contributed by atoms with Crippen molar-refractivity contribution in [3.05, 3.63) is 12.2 Å². The van der Waals surface area contributed by atoms with E-state index in [0.29, 0.717) is 6.61 Å². The Morgan fingerprint density at radius 1 is 1.38 bits per heavy atom. The van der Waals surface area contributed by atoms with Crippen LogP contribution in [0.15, 0.2) is 12.2 Å². The molecule has 0 saturated heterocycles. The minimum atomic E-state index is 0.354.